The summed E-state index contributed by atoms with van der Waals surface area (Å²) in [7, 11) is 0. The highest BCUT2D eigenvalue weighted by Gasteiger charge is 2.33. The van der Waals surface area contributed by atoms with Crippen LogP contribution in [-0.4, -0.2) is 26.5 Å². The SMILES string of the molecule is N=C/C=C(\N)NC(=O)c1ncn2ccc(-c3ccccc3C(F)(F)F)nc12. The molecule has 0 bridgehead atoms. The first-order chi connectivity index (χ1) is 12.8. The summed E-state index contributed by atoms with van der Waals surface area (Å²) in [6, 6.07) is 6.45. The second-order valence-corrected chi connectivity index (χ2v) is 5.42. The van der Waals surface area contributed by atoms with Crippen molar-refractivity contribution in [2.75, 3.05) is 0 Å². The van der Waals surface area contributed by atoms with E-state index in [-0.39, 0.29) is 28.4 Å². The Hall–Kier alpha value is -3.69. The molecule has 1 aromatic carbocycles. The smallest absolute Gasteiger partial charge is 0.385 e. The second-order valence-electron chi connectivity index (χ2n) is 5.42. The number of nitrogens with zero attached hydrogens (tertiary/aromatic N) is 3. The predicted octanol–water partition coefficient (Wildman–Crippen LogP) is 2.59. The number of allylic oxidation sites excluding steroid dienone is 1. The molecule has 0 unspecified atom stereocenters. The Labute approximate surface area is 150 Å². The van der Waals surface area contributed by atoms with E-state index in [9.17, 15) is 18.0 Å². The van der Waals surface area contributed by atoms with Gasteiger partial charge in [-0.1, -0.05) is 18.2 Å². The number of amides is 1. The van der Waals surface area contributed by atoms with Gasteiger partial charge in [0.25, 0.3) is 5.91 Å². The molecule has 0 atom stereocenters. The number of halogens is 3. The van der Waals surface area contributed by atoms with Crippen molar-refractivity contribution in [2.45, 2.75) is 6.18 Å². The van der Waals surface area contributed by atoms with E-state index >= 15 is 0 Å². The van der Waals surface area contributed by atoms with E-state index in [1.165, 1.54) is 41.2 Å². The van der Waals surface area contributed by atoms with Gasteiger partial charge in [0.15, 0.2) is 11.3 Å². The number of carbonyl (C=O) groups excluding carboxylic acids is 1. The molecule has 0 fully saturated rings. The number of rotatable bonds is 4. The molecular formula is C17H13F3N6O. The minimum absolute atomic E-state index is 0.0491. The molecule has 3 aromatic rings. The van der Waals surface area contributed by atoms with E-state index < -0.39 is 17.6 Å². The van der Waals surface area contributed by atoms with Gasteiger partial charge in [-0.05, 0) is 18.2 Å². The van der Waals surface area contributed by atoms with Gasteiger partial charge in [-0.25, -0.2) is 9.97 Å². The highest BCUT2D eigenvalue weighted by atomic mass is 19.4. The molecule has 2 aromatic heterocycles. The first kappa shape index (κ1) is 18.1. The fraction of sp³-hybridized carbons (Fsp3) is 0.0588. The van der Waals surface area contributed by atoms with Crippen molar-refractivity contribution in [1.82, 2.24) is 19.7 Å². The van der Waals surface area contributed by atoms with Gasteiger partial charge in [0.05, 0.1) is 11.3 Å². The molecule has 0 aliphatic rings. The van der Waals surface area contributed by atoms with Crippen molar-refractivity contribution in [3.8, 4) is 11.3 Å². The molecule has 138 valence electrons. The normalized spacial score (nSPS) is 12.2. The van der Waals surface area contributed by atoms with Crippen LogP contribution in [0.5, 0.6) is 0 Å². The highest BCUT2D eigenvalue weighted by Crippen LogP contribution is 2.36. The molecule has 0 saturated carbocycles. The van der Waals surface area contributed by atoms with Crippen LogP contribution in [0.3, 0.4) is 0 Å². The van der Waals surface area contributed by atoms with Crippen LogP contribution in [0.1, 0.15) is 16.1 Å². The highest BCUT2D eigenvalue weighted by molar-refractivity contribution is 5.99. The fourth-order valence-corrected chi connectivity index (χ4v) is 2.46. The standard InChI is InChI=1S/C17H13F3N6O/c18-17(19,20)11-4-2-1-3-10(11)12-6-8-26-9-23-14(15(26)24-12)16(27)25-13(22)5-7-21/h1-9,21H,22H2,(H,25,27)/b13-5+,21-7?. The summed E-state index contributed by atoms with van der Waals surface area (Å²) in [6.07, 6.45) is 0.287. The first-order valence-electron chi connectivity index (χ1n) is 7.59. The quantitative estimate of drug-likeness (QED) is 0.610. The Balaban J connectivity index is 2.08. The van der Waals surface area contributed by atoms with Gasteiger partial charge in [-0.15, -0.1) is 0 Å². The fourth-order valence-electron chi connectivity index (χ4n) is 2.46. The lowest BCUT2D eigenvalue weighted by molar-refractivity contribution is -0.137. The van der Waals surface area contributed by atoms with Crippen molar-refractivity contribution in [1.29, 1.82) is 5.41 Å². The molecule has 0 spiro atoms. The maximum Gasteiger partial charge on any atom is 0.417 e. The summed E-state index contributed by atoms with van der Waals surface area (Å²) in [5.74, 6) is -0.767. The monoisotopic (exact) mass is 374 g/mol. The summed E-state index contributed by atoms with van der Waals surface area (Å²) < 4.78 is 41.2. The van der Waals surface area contributed by atoms with Crippen LogP contribution < -0.4 is 11.1 Å². The van der Waals surface area contributed by atoms with Crippen LogP contribution in [0.15, 0.2) is 54.8 Å². The minimum Gasteiger partial charge on any atom is -0.385 e. The van der Waals surface area contributed by atoms with Crippen molar-refractivity contribution < 1.29 is 18.0 Å². The predicted molar refractivity (Wildman–Crippen MR) is 91.9 cm³/mol. The summed E-state index contributed by atoms with van der Waals surface area (Å²) in [5, 5.41) is 9.24. The Morgan fingerprint density at radius 3 is 2.70 bits per heavy atom. The summed E-state index contributed by atoms with van der Waals surface area (Å²) in [6.45, 7) is 0. The molecule has 27 heavy (non-hydrogen) atoms. The third kappa shape index (κ3) is 3.64. The lowest BCUT2D eigenvalue weighted by Gasteiger charge is -2.12. The van der Waals surface area contributed by atoms with Crippen LogP contribution in [0.2, 0.25) is 0 Å². The van der Waals surface area contributed by atoms with Gasteiger partial charge in [0, 0.05) is 18.0 Å². The number of alkyl halides is 3. The zero-order valence-corrected chi connectivity index (χ0v) is 13.7. The minimum atomic E-state index is -4.54. The zero-order valence-electron chi connectivity index (χ0n) is 13.7. The number of carbonyl (C=O) groups is 1. The van der Waals surface area contributed by atoms with Crippen molar-refractivity contribution in [3.63, 3.8) is 0 Å². The second kappa shape index (κ2) is 6.90. The number of fused-ring (bicyclic) bond motifs is 1. The number of aromatic nitrogens is 3. The van der Waals surface area contributed by atoms with Crippen LogP contribution in [0.25, 0.3) is 16.9 Å². The summed E-state index contributed by atoms with van der Waals surface area (Å²) in [4.78, 5) is 20.4. The molecule has 7 nitrogen and oxygen atoms in total. The Bertz CT molecular complexity index is 1050. The molecule has 1 amide bonds. The van der Waals surface area contributed by atoms with Gasteiger partial charge in [0.1, 0.15) is 12.1 Å². The molecule has 4 N–H and O–H groups in total. The molecular weight excluding hydrogens is 361 g/mol. The Morgan fingerprint density at radius 2 is 2.00 bits per heavy atom. The maximum atomic E-state index is 13.3. The first-order valence-corrected chi connectivity index (χ1v) is 7.59. The van der Waals surface area contributed by atoms with E-state index in [1.54, 1.807) is 0 Å². The average molecular weight is 374 g/mol. The van der Waals surface area contributed by atoms with Gasteiger partial charge >= 0.3 is 6.18 Å². The maximum absolute atomic E-state index is 13.3. The third-order valence-corrected chi connectivity index (χ3v) is 3.63. The van der Waals surface area contributed by atoms with E-state index in [0.717, 1.165) is 18.4 Å². The van der Waals surface area contributed by atoms with Crippen molar-refractivity contribution >= 4 is 17.8 Å². The molecule has 3 rings (SSSR count). The Kier molecular flexibility index (Phi) is 4.63. The molecule has 0 aliphatic heterocycles. The van der Waals surface area contributed by atoms with Crippen LogP contribution in [0, 0.1) is 5.41 Å². The molecule has 0 radical (unpaired) electrons. The number of nitrogens with one attached hydrogen (secondary N) is 2. The van der Waals surface area contributed by atoms with Crippen molar-refractivity contribution in [3.05, 3.63) is 66.0 Å². The number of hydrogen-bond donors (Lipinski definition) is 3. The lowest BCUT2D eigenvalue weighted by Crippen LogP contribution is -2.28. The van der Waals surface area contributed by atoms with Crippen molar-refractivity contribution in [2.24, 2.45) is 5.73 Å². The van der Waals surface area contributed by atoms with Crippen LogP contribution >= 0.6 is 0 Å². The summed E-state index contributed by atoms with van der Waals surface area (Å²) in [5.41, 5.74) is 4.60. The molecule has 2 heterocycles. The van der Waals surface area contributed by atoms with E-state index in [2.05, 4.69) is 15.3 Å². The summed E-state index contributed by atoms with van der Waals surface area (Å²) >= 11 is 0. The number of benzene rings is 1. The zero-order chi connectivity index (χ0) is 19.6. The number of imidazole rings is 1. The van der Waals surface area contributed by atoms with Crippen LogP contribution in [-0.2, 0) is 6.18 Å². The van der Waals surface area contributed by atoms with Gasteiger partial charge < -0.3 is 16.5 Å². The molecule has 0 aliphatic carbocycles. The lowest BCUT2D eigenvalue weighted by atomic mass is 10.0. The number of nitrogens with two attached hydrogens (primary N) is 1. The number of hydrogen-bond acceptors (Lipinski definition) is 5. The van der Waals surface area contributed by atoms with E-state index in [1.807, 2.05) is 0 Å². The Morgan fingerprint density at radius 1 is 1.26 bits per heavy atom. The van der Waals surface area contributed by atoms with Crippen LogP contribution in [0.4, 0.5) is 13.2 Å². The largest absolute Gasteiger partial charge is 0.417 e. The van der Waals surface area contributed by atoms with E-state index in [4.69, 9.17) is 11.1 Å². The van der Waals surface area contributed by atoms with E-state index in [0.29, 0.717) is 0 Å². The average Bonchev–Trinajstić information content (AvgIpc) is 3.04. The third-order valence-electron chi connectivity index (χ3n) is 3.63. The van der Waals surface area contributed by atoms with Gasteiger partial charge in [-0.2, -0.15) is 13.2 Å². The topological polar surface area (TPSA) is 109 Å². The molecule has 0 saturated heterocycles. The molecule has 10 heteroatoms. The van der Waals surface area contributed by atoms with Gasteiger partial charge in [-0.3, -0.25) is 9.20 Å². The van der Waals surface area contributed by atoms with Gasteiger partial charge in [0.2, 0.25) is 0 Å².